The summed E-state index contributed by atoms with van der Waals surface area (Å²) in [5.41, 5.74) is 10.6. The fourth-order valence-electron chi connectivity index (χ4n) is 2.54. The lowest BCUT2D eigenvalue weighted by atomic mass is 9.93. The minimum absolute atomic E-state index is 0.239. The van der Waals surface area contributed by atoms with Crippen molar-refractivity contribution in [2.45, 2.75) is 49.7 Å². The Morgan fingerprint density at radius 3 is 2.21 bits per heavy atom. The Kier molecular flexibility index (Phi) is 6.21. The Hall–Kier alpha value is -1.83. The van der Waals surface area contributed by atoms with Gasteiger partial charge in [0.2, 0.25) is 11.8 Å². The van der Waals surface area contributed by atoms with E-state index in [1.165, 1.54) is 0 Å². The maximum Gasteiger partial charge on any atom is 0.327 e. The summed E-state index contributed by atoms with van der Waals surface area (Å²) in [6.07, 6.45) is -5.98. The van der Waals surface area contributed by atoms with Gasteiger partial charge in [0.05, 0.1) is 13.0 Å². The number of aliphatic carboxylic acids is 1. The van der Waals surface area contributed by atoms with Crippen LogP contribution in [-0.4, -0.2) is 91.1 Å². The summed E-state index contributed by atoms with van der Waals surface area (Å²) in [6.45, 7) is 0.00289. The molecule has 1 heterocycles. The highest BCUT2D eigenvalue weighted by Crippen LogP contribution is 2.32. The number of amides is 2. The smallest absolute Gasteiger partial charge is 0.327 e. The fraction of sp³-hybridized carbons (Fsp3) is 0.750. The lowest BCUT2D eigenvalue weighted by Gasteiger charge is -2.51. The van der Waals surface area contributed by atoms with Gasteiger partial charge in [0.1, 0.15) is 30.4 Å². The first kappa shape index (κ1) is 20.2. The largest absolute Gasteiger partial charge is 0.480 e. The van der Waals surface area contributed by atoms with Crippen LogP contribution in [-0.2, 0) is 19.1 Å². The molecule has 0 aromatic carbocycles. The summed E-state index contributed by atoms with van der Waals surface area (Å²) in [5.74, 6) is -6.73. The van der Waals surface area contributed by atoms with Crippen LogP contribution < -0.4 is 11.5 Å². The maximum absolute atomic E-state index is 11.9. The molecule has 12 nitrogen and oxygen atoms in total. The second-order valence-electron chi connectivity index (χ2n) is 5.42. The highest BCUT2D eigenvalue weighted by Gasteiger charge is 2.58. The Labute approximate surface area is 136 Å². The average Bonchev–Trinajstić information content (AvgIpc) is 2.47. The summed E-state index contributed by atoms with van der Waals surface area (Å²) in [6, 6.07) is -3.80. The molecule has 0 aliphatic carbocycles. The molecular formula is C12H21N3O9. The summed E-state index contributed by atoms with van der Waals surface area (Å²) in [7, 11) is 0. The summed E-state index contributed by atoms with van der Waals surface area (Å²) in [4.78, 5) is 34.6. The van der Waals surface area contributed by atoms with E-state index in [-0.39, 0.29) is 4.90 Å². The van der Waals surface area contributed by atoms with Gasteiger partial charge >= 0.3 is 5.97 Å². The molecule has 1 fully saturated rings. The zero-order valence-electron chi connectivity index (χ0n) is 12.8. The van der Waals surface area contributed by atoms with Crippen molar-refractivity contribution in [2.75, 3.05) is 6.61 Å². The van der Waals surface area contributed by atoms with Gasteiger partial charge in [-0.3, -0.25) is 14.5 Å². The Morgan fingerprint density at radius 2 is 1.83 bits per heavy atom. The van der Waals surface area contributed by atoms with Gasteiger partial charge in [-0.15, -0.1) is 0 Å². The van der Waals surface area contributed by atoms with E-state index in [0.29, 0.717) is 0 Å². The number of rotatable bonds is 6. The number of primary amides is 1. The molecule has 12 heteroatoms. The number of aliphatic hydroxyl groups is 4. The van der Waals surface area contributed by atoms with Crippen LogP contribution in [0.15, 0.2) is 0 Å². The lowest BCUT2D eigenvalue weighted by molar-refractivity contribution is -0.368. The van der Waals surface area contributed by atoms with Crippen molar-refractivity contribution in [1.82, 2.24) is 4.90 Å². The first-order chi connectivity index (χ1) is 11.0. The third-order valence-electron chi connectivity index (χ3n) is 3.71. The number of ether oxygens (including phenoxy) is 1. The maximum atomic E-state index is 11.9. The number of carbonyl (C=O) groups excluding carboxylic acids is 2. The van der Waals surface area contributed by atoms with E-state index in [4.69, 9.17) is 21.3 Å². The molecule has 0 aromatic rings. The van der Waals surface area contributed by atoms with Crippen LogP contribution in [0, 0.1) is 0 Å². The first-order valence-corrected chi connectivity index (χ1v) is 6.91. The molecule has 1 aliphatic rings. The molecule has 2 amide bonds. The van der Waals surface area contributed by atoms with Crippen molar-refractivity contribution in [3.63, 3.8) is 0 Å². The molecule has 9 N–H and O–H groups in total. The first-order valence-electron chi connectivity index (χ1n) is 6.91. The van der Waals surface area contributed by atoms with Crippen molar-refractivity contribution >= 4 is 17.8 Å². The number of hydrogen-bond acceptors (Lipinski definition) is 9. The van der Waals surface area contributed by atoms with E-state index in [1.807, 2.05) is 0 Å². The van der Waals surface area contributed by atoms with Gasteiger partial charge in [0, 0.05) is 6.92 Å². The molecule has 1 aliphatic heterocycles. The predicted octanol–water partition coefficient (Wildman–Crippen LogP) is -4.75. The predicted molar refractivity (Wildman–Crippen MR) is 74.7 cm³/mol. The minimum Gasteiger partial charge on any atom is -0.480 e. The van der Waals surface area contributed by atoms with Crippen LogP contribution in [0.5, 0.6) is 0 Å². The van der Waals surface area contributed by atoms with Crippen LogP contribution >= 0.6 is 0 Å². The van der Waals surface area contributed by atoms with Crippen LogP contribution in [0.1, 0.15) is 13.3 Å². The zero-order chi connectivity index (χ0) is 18.8. The molecule has 0 spiro atoms. The number of nitrogens with two attached hydrogens (primary N) is 2. The topological polar surface area (TPSA) is 217 Å². The second kappa shape index (κ2) is 7.38. The van der Waals surface area contributed by atoms with Crippen LogP contribution in [0.4, 0.5) is 0 Å². The molecule has 0 radical (unpaired) electrons. The average molecular weight is 351 g/mol. The van der Waals surface area contributed by atoms with Crippen LogP contribution in [0.2, 0.25) is 0 Å². The van der Waals surface area contributed by atoms with Crippen LogP contribution in [0.25, 0.3) is 0 Å². The summed E-state index contributed by atoms with van der Waals surface area (Å²) >= 11 is 0. The van der Waals surface area contributed by atoms with Crippen molar-refractivity contribution in [1.29, 1.82) is 0 Å². The standard InChI is InChI=1S/C12H21N3O9/c1-4(17)15(5(11(21)22)2-7(13)18)12(23)10(14)9(20)8(19)6(3-16)24-12/h5-6,8-10,16,19-20,23H,2-3,14H2,1H3,(H2,13,18)(H,21,22)/t5?,6-,8-,9+,10-,12+/m1/s1. The molecule has 0 aromatic heterocycles. The second-order valence-corrected chi connectivity index (χ2v) is 5.42. The summed E-state index contributed by atoms with van der Waals surface area (Å²) in [5, 5.41) is 48.7. The van der Waals surface area contributed by atoms with Crippen molar-refractivity contribution < 1.29 is 44.7 Å². The molecule has 1 saturated heterocycles. The number of carboxylic acid groups (broad SMARTS) is 1. The Bertz CT molecular complexity index is 514. The number of aliphatic hydroxyl groups excluding tert-OH is 3. The SMILES string of the molecule is CC(=O)N(C(CC(N)=O)C(=O)O)[C@@]1(O)O[C@H](CO)[C@@H](O)[C@H](O)[C@H]1N. The Balaban J connectivity index is 3.36. The monoisotopic (exact) mass is 351 g/mol. The molecule has 0 bridgehead atoms. The van der Waals surface area contributed by atoms with E-state index < -0.39 is 67.1 Å². The quantitative estimate of drug-likeness (QED) is 0.227. The number of hydrogen-bond donors (Lipinski definition) is 7. The fourth-order valence-corrected chi connectivity index (χ4v) is 2.54. The van der Waals surface area contributed by atoms with Gasteiger partial charge in [0.25, 0.3) is 5.91 Å². The van der Waals surface area contributed by atoms with Gasteiger partial charge in [-0.2, -0.15) is 0 Å². The normalized spacial score (nSPS) is 34.4. The third kappa shape index (κ3) is 3.63. The van der Waals surface area contributed by atoms with Crippen molar-refractivity contribution in [3.8, 4) is 0 Å². The lowest BCUT2D eigenvalue weighted by Crippen LogP contribution is -2.76. The van der Waals surface area contributed by atoms with E-state index in [0.717, 1.165) is 6.92 Å². The van der Waals surface area contributed by atoms with Gasteiger partial charge in [-0.1, -0.05) is 0 Å². The summed E-state index contributed by atoms with van der Waals surface area (Å²) < 4.78 is 5.01. The van der Waals surface area contributed by atoms with E-state index in [9.17, 15) is 34.8 Å². The number of carbonyl (C=O) groups is 3. The molecule has 1 unspecified atom stereocenters. The molecule has 24 heavy (non-hydrogen) atoms. The molecular weight excluding hydrogens is 330 g/mol. The number of nitrogens with zero attached hydrogens (tertiary/aromatic N) is 1. The highest BCUT2D eigenvalue weighted by molar-refractivity contribution is 5.87. The van der Waals surface area contributed by atoms with Crippen LogP contribution in [0.3, 0.4) is 0 Å². The highest BCUT2D eigenvalue weighted by atomic mass is 16.7. The van der Waals surface area contributed by atoms with Crippen molar-refractivity contribution in [3.05, 3.63) is 0 Å². The minimum atomic E-state index is -2.91. The number of carboxylic acids is 1. The third-order valence-corrected chi connectivity index (χ3v) is 3.71. The Morgan fingerprint density at radius 1 is 1.29 bits per heavy atom. The van der Waals surface area contributed by atoms with Gasteiger partial charge < -0.3 is 41.7 Å². The van der Waals surface area contributed by atoms with E-state index >= 15 is 0 Å². The molecule has 1 rings (SSSR count). The zero-order valence-corrected chi connectivity index (χ0v) is 12.8. The molecule has 0 saturated carbocycles. The molecule has 138 valence electrons. The van der Waals surface area contributed by atoms with Crippen molar-refractivity contribution in [2.24, 2.45) is 11.5 Å². The van der Waals surface area contributed by atoms with Gasteiger partial charge in [-0.05, 0) is 0 Å². The van der Waals surface area contributed by atoms with E-state index in [1.54, 1.807) is 0 Å². The van der Waals surface area contributed by atoms with Gasteiger partial charge in [-0.25, -0.2) is 4.79 Å². The van der Waals surface area contributed by atoms with E-state index in [2.05, 4.69) is 0 Å². The van der Waals surface area contributed by atoms with Gasteiger partial charge in [0.15, 0.2) is 0 Å². The molecule has 6 atom stereocenters.